The Bertz CT molecular complexity index is 2110. The minimum absolute atomic E-state index is 0. The molecule has 0 unspecified atom stereocenters. The summed E-state index contributed by atoms with van der Waals surface area (Å²) < 4.78 is 32.8. The van der Waals surface area contributed by atoms with Crippen LogP contribution < -0.4 is 24.8 Å². The molecule has 0 nitrogen and oxygen atoms in total. The van der Waals surface area contributed by atoms with Crippen molar-refractivity contribution in [3.05, 3.63) is 160 Å². The van der Waals surface area contributed by atoms with E-state index >= 15 is 0 Å². The summed E-state index contributed by atoms with van der Waals surface area (Å²) in [7, 11) is 0. The molecule has 4 aliphatic rings. The number of halogens is 4. The Morgan fingerprint density at radius 3 is 1.77 bits per heavy atom. The first-order valence-corrected chi connectivity index (χ1v) is 20.0. The molecule has 0 N–H and O–H groups in total. The maximum absolute atomic E-state index is 14.2. The van der Waals surface area contributed by atoms with Crippen LogP contribution in [0.5, 0.6) is 0 Å². The van der Waals surface area contributed by atoms with Crippen molar-refractivity contribution in [1.29, 1.82) is 0 Å². The molecule has 0 spiro atoms. The first-order chi connectivity index (χ1) is 21.9. The van der Waals surface area contributed by atoms with Crippen LogP contribution in [0.4, 0.5) is 8.78 Å². The van der Waals surface area contributed by atoms with E-state index in [0.717, 1.165) is 24.0 Å². The number of fused-ring (bicyclic) bond motifs is 5. The molecule has 0 saturated heterocycles. The summed E-state index contributed by atoms with van der Waals surface area (Å²) in [4.78, 5) is 0. The monoisotopic (exact) mass is 752 g/mol. The summed E-state index contributed by atoms with van der Waals surface area (Å²) in [5.41, 5.74) is 16.0. The van der Waals surface area contributed by atoms with Gasteiger partial charge in [-0.2, -0.15) is 0 Å². The first-order valence-electron chi connectivity index (χ1n) is 16.3. The number of hydrogen-bond acceptors (Lipinski definition) is 0. The van der Waals surface area contributed by atoms with E-state index in [-0.39, 0.29) is 47.3 Å². The van der Waals surface area contributed by atoms with Crippen LogP contribution in [0.15, 0.2) is 104 Å². The zero-order valence-electron chi connectivity index (χ0n) is 28.2. The van der Waals surface area contributed by atoms with Crippen LogP contribution in [0.1, 0.15) is 92.5 Å². The summed E-state index contributed by atoms with van der Waals surface area (Å²) in [5.74, 6) is -0.486. The summed E-state index contributed by atoms with van der Waals surface area (Å²) in [6.07, 6.45) is 11.1. The van der Waals surface area contributed by atoms with Crippen LogP contribution in [0.2, 0.25) is 0 Å². The third kappa shape index (κ3) is 5.37. The summed E-state index contributed by atoms with van der Waals surface area (Å²) in [6.45, 7) is 14.0. The minimum atomic E-state index is -2.93. The largest absolute Gasteiger partial charge is 1.00 e. The molecule has 0 saturated carbocycles. The molecular weight excluding hydrogens is 717 g/mol. The van der Waals surface area contributed by atoms with Crippen molar-refractivity contribution in [3.63, 3.8) is 0 Å². The fourth-order valence-electron chi connectivity index (χ4n) is 8.68. The molecule has 4 aliphatic carbocycles. The topological polar surface area (TPSA) is 0 Å². The zero-order chi connectivity index (χ0) is 32.1. The molecule has 48 heavy (non-hydrogen) atoms. The summed E-state index contributed by atoms with van der Waals surface area (Å²) in [5, 5.41) is 0. The van der Waals surface area contributed by atoms with Crippen molar-refractivity contribution in [2.24, 2.45) is 0 Å². The van der Waals surface area contributed by atoms with Gasteiger partial charge in [-0.3, -0.25) is 0 Å². The molecule has 0 atom stereocenters. The Balaban J connectivity index is 0.00000201. The number of allylic oxidation sites excluding steroid dienone is 8. The molecule has 4 aromatic carbocycles. The smallest absolute Gasteiger partial charge is 1.00 e. The van der Waals surface area contributed by atoms with E-state index in [0.29, 0.717) is 0 Å². The van der Waals surface area contributed by atoms with Crippen LogP contribution in [0, 0.1) is 11.6 Å². The van der Waals surface area contributed by atoms with Crippen molar-refractivity contribution in [2.75, 3.05) is 0 Å². The molecule has 5 heteroatoms. The van der Waals surface area contributed by atoms with Gasteiger partial charge >= 0.3 is 281 Å². The SMILES string of the molecule is CC1=CC(C)(C)c2cc3c(cc21)-c1cc2c(cc1C3)C(C)(C)[C]([Zr+2]([C]1=CC=CC1)=[C](c1ccc(F)cc1)c1ccc(F)cc1)=C2C.[Cl-].[Cl-]. The van der Waals surface area contributed by atoms with Crippen molar-refractivity contribution >= 4 is 14.4 Å². The zero-order valence-corrected chi connectivity index (χ0v) is 32.1. The maximum atomic E-state index is 14.2. The third-order valence-electron chi connectivity index (χ3n) is 10.8. The van der Waals surface area contributed by atoms with E-state index in [1.807, 2.05) is 24.3 Å². The second-order valence-electron chi connectivity index (χ2n) is 14.5. The molecule has 242 valence electrons. The molecule has 4 aromatic rings. The molecule has 0 amide bonds. The third-order valence-corrected chi connectivity index (χ3v) is 19.6. The fourth-order valence-corrected chi connectivity index (χ4v) is 17.7. The standard InChI is InChI=1S/C25H25.C13H8F2.C5H5.2ClH.Zr/c1-14-12-24(3,4)22-8-16-7-17-9-23-19(15(2)13-25(23,5)6)11-21(17)20(16)10-18(14)22;14-12-5-1-10(2-6-12)9-11-3-7-13(15)8-4-11;1-2-4-5-3-1;;;/h8-12H,7H2,1-6H3;1-8H;1-3H,4H2;2*1H;/q;;;;;+2/p-2. The predicted octanol–water partition coefficient (Wildman–Crippen LogP) is 4.99. The van der Waals surface area contributed by atoms with Gasteiger partial charge < -0.3 is 24.8 Å². The van der Waals surface area contributed by atoms with Gasteiger partial charge in [0.1, 0.15) is 0 Å². The second kappa shape index (κ2) is 12.4. The van der Waals surface area contributed by atoms with Crippen molar-refractivity contribution < 1.29 is 54.9 Å². The van der Waals surface area contributed by atoms with Crippen molar-refractivity contribution in [2.45, 2.75) is 65.2 Å². The van der Waals surface area contributed by atoms with Gasteiger partial charge in [0, 0.05) is 0 Å². The average molecular weight is 755 g/mol. The first kappa shape index (κ1) is 34.9. The molecule has 8 rings (SSSR count). The number of benzene rings is 4. The van der Waals surface area contributed by atoms with Crippen molar-refractivity contribution in [3.8, 4) is 11.1 Å². The fraction of sp³-hybridized carbons (Fsp3) is 0.233. The molecule has 0 radical (unpaired) electrons. The van der Waals surface area contributed by atoms with Gasteiger partial charge in [0.2, 0.25) is 0 Å². The van der Waals surface area contributed by atoms with Crippen LogP contribution in [0.25, 0.3) is 22.3 Å². The Hall–Kier alpha value is -2.97. The Morgan fingerprint density at radius 2 is 1.23 bits per heavy atom. The van der Waals surface area contributed by atoms with Crippen LogP contribution in [-0.2, 0) is 38.5 Å². The van der Waals surface area contributed by atoms with Gasteiger partial charge in [0.25, 0.3) is 0 Å². The normalized spacial score (nSPS) is 16.9. The molecular formula is C43H38Cl2F2Zr. The molecule has 0 fully saturated rings. The average Bonchev–Trinajstić information content (AvgIpc) is 3.76. The van der Waals surface area contributed by atoms with E-state index in [4.69, 9.17) is 0 Å². The van der Waals surface area contributed by atoms with Crippen LogP contribution in [0.3, 0.4) is 0 Å². The summed E-state index contributed by atoms with van der Waals surface area (Å²) in [6, 6.07) is 23.9. The second-order valence-corrected chi connectivity index (χ2v) is 20.4. The molecule has 0 bridgehead atoms. The Kier molecular flexibility index (Phi) is 9.02. The molecule has 0 aromatic heterocycles. The Morgan fingerprint density at radius 1 is 0.688 bits per heavy atom. The van der Waals surface area contributed by atoms with Gasteiger partial charge in [0.15, 0.2) is 0 Å². The minimum Gasteiger partial charge on any atom is -1.00 e. The molecule has 0 heterocycles. The van der Waals surface area contributed by atoms with Gasteiger partial charge in [-0.25, -0.2) is 0 Å². The van der Waals surface area contributed by atoms with Crippen LogP contribution >= 0.6 is 0 Å². The number of hydrogen-bond donors (Lipinski definition) is 0. The predicted molar refractivity (Wildman–Crippen MR) is 185 cm³/mol. The Labute approximate surface area is 303 Å². The maximum Gasteiger partial charge on any atom is -1.00 e. The quantitative estimate of drug-likeness (QED) is 0.243. The number of rotatable bonds is 4. The summed E-state index contributed by atoms with van der Waals surface area (Å²) >= 11 is -2.93. The van der Waals surface area contributed by atoms with E-state index in [1.165, 1.54) is 62.1 Å². The van der Waals surface area contributed by atoms with Gasteiger partial charge in [-0.1, -0.05) is 0 Å². The van der Waals surface area contributed by atoms with Gasteiger partial charge in [-0.15, -0.1) is 0 Å². The van der Waals surface area contributed by atoms with Crippen LogP contribution in [-0.4, -0.2) is 3.21 Å². The van der Waals surface area contributed by atoms with Gasteiger partial charge in [0.05, 0.1) is 0 Å². The van der Waals surface area contributed by atoms with E-state index < -0.39 is 21.3 Å². The molecule has 0 aliphatic heterocycles. The van der Waals surface area contributed by atoms with E-state index in [1.54, 1.807) is 27.5 Å². The van der Waals surface area contributed by atoms with Gasteiger partial charge in [-0.05, 0) is 0 Å². The van der Waals surface area contributed by atoms with E-state index in [9.17, 15) is 8.78 Å². The van der Waals surface area contributed by atoms with E-state index in [2.05, 4.69) is 90.1 Å². The van der Waals surface area contributed by atoms with Crippen molar-refractivity contribution in [1.82, 2.24) is 0 Å².